The van der Waals surface area contributed by atoms with Crippen molar-refractivity contribution in [2.24, 2.45) is 5.92 Å². The van der Waals surface area contributed by atoms with Crippen LogP contribution < -0.4 is 5.32 Å². The Labute approximate surface area is 105 Å². The van der Waals surface area contributed by atoms with E-state index in [0.29, 0.717) is 11.9 Å². The van der Waals surface area contributed by atoms with Gasteiger partial charge in [-0.15, -0.1) is 0 Å². The van der Waals surface area contributed by atoms with E-state index in [9.17, 15) is 4.79 Å². The van der Waals surface area contributed by atoms with Crippen molar-refractivity contribution in [3.63, 3.8) is 0 Å². The molecule has 1 heterocycles. The molecule has 1 amide bonds. The third-order valence-corrected chi connectivity index (χ3v) is 4.42. The minimum atomic E-state index is 0.386. The van der Waals surface area contributed by atoms with Crippen LogP contribution in [0.2, 0.25) is 0 Å². The van der Waals surface area contributed by atoms with Crippen molar-refractivity contribution in [3.8, 4) is 0 Å². The summed E-state index contributed by atoms with van der Waals surface area (Å²) in [5, 5.41) is 3.29. The van der Waals surface area contributed by atoms with Gasteiger partial charge in [-0.05, 0) is 32.2 Å². The number of rotatable bonds is 4. The van der Waals surface area contributed by atoms with Gasteiger partial charge in [0, 0.05) is 25.6 Å². The lowest BCUT2D eigenvalue weighted by Crippen LogP contribution is -2.46. The van der Waals surface area contributed by atoms with Crippen molar-refractivity contribution < 1.29 is 4.79 Å². The Morgan fingerprint density at radius 2 is 2.00 bits per heavy atom. The lowest BCUT2D eigenvalue weighted by atomic mass is 10.0. The average molecular weight is 238 g/mol. The molecule has 0 spiro atoms. The average Bonchev–Trinajstić information content (AvgIpc) is 2.89. The first kappa shape index (κ1) is 12.9. The Morgan fingerprint density at radius 1 is 1.24 bits per heavy atom. The molecule has 0 aromatic heterocycles. The highest BCUT2D eigenvalue weighted by atomic mass is 16.2. The summed E-state index contributed by atoms with van der Waals surface area (Å²) in [5.74, 6) is 1.22. The predicted molar refractivity (Wildman–Crippen MR) is 69.9 cm³/mol. The number of likely N-dealkylation sites (N-methyl/N-ethyl adjacent to an activating group) is 1. The van der Waals surface area contributed by atoms with Gasteiger partial charge in [0.05, 0.1) is 0 Å². The zero-order valence-corrected chi connectivity index (χ0v) is 11.1. The fraction of sp³-hybridized carbons (Fsp3) is 0.929. The molecule has 1 N–H and O–H groups in total. The molecule has 1 saturated carbocycles. The molecular weight excluding hydrogens is 212 g/mol. The molecule has 0 radical (unpaired) electrons. The molecule has 0 aromatic rings. The number of amides is 1. The van der Waals surface area contributed by atoms with E-state index in [4.69, 9.17) is 0 Å². The van der Waals surface area contributed by atoms with E-state index in [2.05, 4.69) is 10.2 Å². The van der Waals surface area contributed by atoms with Crippen molar-refractivity contribution in [2.45, 2.75) is 57.4 Å². The lowest BCUT2D eigenvalue weighted by Gasteiger charge is -2.32. The van der Waals surface area contributed by atoms with Gasteiger partial charge in [-0.2, -0.15) is 0 Å². The summed E-state index contributed by atoms with van der Waals surface area (Å²) in [5.41, 5.74) is 0. The second kappa shape index (κ2) is 6.39. The highest BCUT2D eigenvalue weighted by Crippen LogP contribution is 2.28. The highest BCUT2D eigenvalue weighted by Gasteiger charge is 2.23. The molecule has 1 aliphatic heterocycles. The molecule has 1 unspecified atom stereocenters. The predicted octanol–water partition coefficient (Wildman–Crippen LogP) is 2.17. The van der Waals surface area contributed by atoms with E-state index in [1.54, 1.807) is 0 Å². The number of carbonyl (C=O) groups is 1. The summed E-state index contributed by atoms with van der Waals surface area (Å²) in [6, 6.07) is 0.513. The van der Waals surface area contributed by atoms with Crippen LogP contribution in [-0.4, -0.2) is 37.0 Å². The largest absolute Gasteiger partial charge is 0.341 e. The summed E-state index contributed by atoms with van der Waals surface area (Å²) < 4.78 is 0. The topological polar surface area (TPSA) is 32.3 Å². The molecule has 0 aromatic carbocycles. The summed E-state index contributed by atoms with van der Waals surface area (Å²) in [6.07, 6.45) is 9.73. The molecule has 2 rings (SSSR count). The Kier molecular flexibility index (Phi) is 4.84. The van der Waals surface area contributed by atoms with Crippen molar-refractivity contribution in [1.82, 2.24) is 10.2 Å². The smallest absolute Gasteiger partial charge is 0.222 e. The first-order chi connectivity index (χ1) is 8.29. The number of nitrogens with one attached hydrogen (secondary N) is 1. The fourth-order valence-electron chi connectivity index (χ4n) is 3.22. The fourth-order valence-corrected chi connectivity index (χ4v) is 3.22. The Bertz CT molecular complexity index is 249. The monoisotopic (exact) mass is 238 g/mol. The van der Waals surface area contributed by atoms with E-state index in [0.717, 1.165) is 38.3 Å². The van der Waals surface area contributed by atoms with Crippen molar-refractivity contribution in [1.29, 1.82) is 0 Å². The highest BCUT2D eigenvalue weighted by molar-refractivity contribution is 5.76. The van der Waals surface area contributed by atoms with Gasteiger partial charge in [-0.1, -0.05) is 25.7 Å². The van der Waals surface area contributed by atoms with E-state index in [-0.39, 0.29) is 0 Å². The van der Waals surface area contributed by atoms with Gasteiger partial charge in [0.2, 0.25) is 5.91 Å². The second-order valence-electron chi connectivity index (χ2n) is 5.66. The third kappa shape index (κ3) is 3.70. The van der Waals surface area contributed by atoms with Crippen LogP contribution >= 0.6 is 0 Å². The van der Waals surface area contributed by atoms with Crippen LogP contribution in [0.4, 0.5) is 0 Å². The Morgan fingerprint density at radius 3 is 2.71 bits per heavy atom. The van der Waals surface area contributed by atoms with Crippen LogP contribution in [0.1, 0.15) is 51.4 Å². The van der Waals surface area contributed by atoms with Gasteiger partial charge >= 0.3 is 0 Å². The maximum atomic E-state index is 12.1. The second-order valence-corrected chi connectivity index (χ2v) is 5.66. The van der Waals surface area contributed by atoms with Gasteiger partial charge in [-0.25, -0.2) is 0 Å². The SMILES string of the molecule is CNC1CCCN(C(=O)CCC2CCCC2)C1. The van der Waals surface area contributed by atoms with Crippen LogP contribution in [0.25, 0.3) is 0 Å². The molecule has 2 aliphatic rings. The van der Waals surface area contributed by atoms with E-state index >= 15 is 0 Å². The first-order valence-electron chi connectivity index (χ1n) is 7.24. The minimum Gasteiger partial charge on any atom is -0.341 e. The van der Waals surface area contributed by atoms with Gasteiger partial charge in [0.1, 0.15) is 0 Å². The summed E-state index contributed by atoms with van der Waals surface area (Å²) in [7, 11) is 2.00. The molecule has 1 saturated heterocycles. The molecule has 98 valence electrons. The van der Waals surface area contributed by atoms with Gasteiger partial charge in [0.15, 0.2) is 0 Å². The molecule has 3 heteroatoms. The zero-order chi connectivity index (χ0) is 12.1. The van der Waals surface area contributed by atoms with Gasteiger partial charge in [0.25, 0.3) is 0 Å². The van der Waals surface area contributed by atoms with Crippen molar-refractivity contribution in [3.05, 3.63) is 0 Å². The van der Waals surface area contributed by atoms with E-state index < -0.39 is 0 Å². The standard InChI is InChI=1S/C14H26N2O/c1-15-13-7-4-10-16(11-13)14(17)9-8-12-5-2-3-6-12/h12-13,15H,2-11H2,1H3. The molecule has 3 nitrogen and oxygen atoms in total. The van der Waals surface area contributed by atoms with Crippen LogP contribution in [0.15, 0.2) is 0 Å². The summed E-state index contributed by atoms with van der Waals surface area (Å²) in [4.78, 5) is 14.2. The summed E-state index contributed by atoms with van der Waals surface area (Å²) >= 11 is 0. The lowest BCUT2D eigenvalue weighted by molar-refractivity contribution is -0.132. The number of nitrogens with zero attached hydrogens (tertiary/aromatic N) is 1. The van der Waals surface area contributed by atoms with Crippen LogP contribution in [-0.2, 0) is 4.79 Å². The molecule has 2 fully saturated rings. The maximum absolute atomic E-state index is 12.1. The number of hydrogen-bond donors (Lipinski definition) is 1. The molecular formula is C14H26N2O. The third-order valence-electron chi connectivity index (χ3n) is 4.42. The Hall–Kier alpha value is -0.570. The number of piperidine rings is 1. The van der Waals surface area contributed by atoms with Crippen molar-refractivity contribution in [2.75, 3.05) is 20.1 Å². The van der Waals surface area contributed by atoms with Gasteiger partial charge < -0.3 is 10.2 Å². The summed E-state index contributed by atoms with van der Waals surface area (Å²) in [6.45, 7) is 1.89. The first-order valence-corrected chi connectivity index (χ1v) is 7.24. The zero-order valence-electron chi connectivity index (χ0n) is 11.1. The maximum Gasteiger partial charge on any atom is 0.222 e. The van der Waals surface area contributed by atoms with Gasteiger partial charge in [-0.3, -0.25) is 4.79 Å². The van der Waals surface area contributed by atoms with Crippen LogP contribution in [0, 0.1) is 5.92 Å². The normalized spacial score (nSPS) is 26.4. The van der Waals surface area contributed by atoms with Crippen molar-refractivity contribution >= 4 is 5.91 Å². The molecule has 17 heavy (non-hydrogen) atoms. The van der Waals surface area contributed by atoms with Crippen LogP contribution in [0.3, 0.4) is 0 Å². The molecule has 1 atom stereocenters. The Balaban J connectivity index is 1.71. The minimum absolute atomic E-state index is 0.386. The van der Waals surface area contributed by atoms with E-state index in [1.165, 1.54) is 32.1 Å². The number of likely N-dealkylation sites (tertiary alicyclic amines) is 1. The quantitative estimate of drug-likeness (QED) is 0.814. The molecule has 0 bridgehead atoms. The van der Waals surface area contributed by atoms with Crippen LogP contribution in [0.5, 0.6) is 0 Å². The molecule has 1 aliphatic carbocycles. The number of carbonyl (C=O) groups excluding carboxylic acids is 1. The number of hydrogen-bond acceptors (Lipinski definition) is 2. The van der Waals surface area contributed by atoms with E-state index in [1.807, 2.05) is 7.05 Å².